The largest absolute Gasteiger partial charge is 0.359 e. The Bertz CT molecular complexity index is 403. The maximum Gasteiger partial charge on any atom is 0.243 e. The van der Waals surface area contributed by atoms with Crippen molar-refractivity contribution in [1.82, 2.24) is 5.32 Å². The summed E-state index contributed by atoms with van der Waals surface area (Å²) in [6.07, 6.45) is 0. The van der Waals surface area contributed by atoms with Gasteiger partial charge >= 0.3 is 0 Å². The van der Waals surface area contributed by atoms with Crippen molar-refractivity contribution in [3.63, 3.8) is 0 Å². The second-order valence-electron chi connectivity index (χ2n) is 4.04. The van der Waals surface area contributed by atoms with Gasteiger partial charge < -0.3 is 15.5 Å². The quantitative estimate of drug-likeness (QED) is 0.796. The molecule has 0 unspecified atom stereocenters. The molecule has 0 spiro atoms. The molecule has 0 aliphatic carbocycles. The van der Waals surface area contributed by atoms with E-state index in [1.807, 2.05) is 19.2 Å². The summed E-state index contributed by atoms with van der Waals surface area (Å²) >= 11 is 0. The summed E-state index contributed by atoms with van der Waals surface area (Å²) in [6, 6.07) is 5.99. The number of fused-ring (bicyclic) bond motifs is 1. The van der Waals surface area contributed by atoms with E-state index < -0.39 is 0 Å². The van der Waals surface area contributed by atoms with E-state index in [0.29, 0.717) is 6.54 Å². The van der Waals surface area contributed by atoms with E-state index in [0.717, 1.165) is 24.5 Å². The summed E-state index contributed by atoms with van der Waals surface area (Å²) in [4.78, 5) is 13.7. The van der Waals surface area contributed by atoms with Gasteiger partial charge in [0.05, 0.1) is 17.9 Å². The molecule has 0 aromatic heterocycles. The molecule has 2 N–H and O–H groups in total. The fourth-order valence-electron chi connectivity index (χ4n) is 2.06. The van der Waals surface area contributed by atoms with Gasteiger partial charge in [0.15, 0.2) is 0 Å². The van der Waals surface area contributed by atoms with E-state index >= 15 is 0 Å². The van der Waals surface area contributed by atoms with Crippen LogP contribution in [0.25, 0.3) is 0 Å². The zero-order valence-corrected chi connectivity index (χ0v) is 9.71. The Hall–Kier alpha value is -1.55. The molecule has 0 fully saturated rings. The van der Waals surface area contributed by atoms with Crippen molar-refractivity contribution >= 4 is 17.3 Å². The van der Waals surface area contributed by atoms with E-state index in [1.54, 1.807) is 0 Å². The fourth-order valence-corrected chi connectivity index (χ4v) is 2.06. The molecule has 16 heavy (non-hydrogen) atoms. The van der Waals surface area contributed by atoms with Crippen LogP contribution >= 0.6 is 0 Å². The number of likely N-dealkylation sites (N-methyl/N-ethyl adjacent to an activating group) is 1. The molecule has 0 saturated carbocycles. The minimum absolute atomic E-state index is 0.0641. The number of amides is 1. The molecule has 0 bridgehead atoms. The SMILES string of the molecule is CNCCN1CC(=O)Nc2cccc(C)c21. The number of hydrogen-bond donors (Lipinski definition) is 2. The molecule has 4 heteroatoms. The van der Waals surface area contributed by atoms with Crippen LogP contribution in [0, 0.1) is 6.92 Å². The first-order valence-electron chi connectivity index (χ1n) is 5.51. The molecule has 1 aromatic carbocycles. The highest BCUT2D eigenvalue weighted by atomic mass is 16.2. The first-order valence-corrected chi connectivity index (χ1v) is 5.51. The van der Waals surface area contributed by atoms with Crippen LogP contribution in [0.15, 0.2) is 18.2 Å². The Kier molecular flexibility index (Phi) is 3.10. The number of para-hydroxylation sites is 1. The lowest BCUT2D eigenvalue weighted by molar-refractivity contribution is -0.115. The standard InChI is InChI=1S/C12H17N3O/c1-9-4-3-5-10-12(9)15(7-6-13-2)8-11(16)14-10/h3-5,13H,6-8H2,1-2H3,(H,14,16). The number of nitrogens with zero attached hydrogens (tertiary/aromatic N) is 1. The van der Waals surface area contributed by atoms with Gasteiger partial charge in [-0.1, -0.05) is 12.1 Å². The van der Waals surface area contributed by atoms with Crippen molar-refractivity contribution in [3.05, 3.63) is 23.8 Å². The van der Waals surface area contributed by atoms with Crippen molar-refractivity contribution in [2.45, 2.75) is 6.92 Å². The molecule has 1 aliphatic rings. The third-order valence-corrected chi connectivity index (χ3v) is 2.79. The molecule has 1 heterocycles. The number of benzene rings is 1. The Morgan fingerprint density at radius 2 is 2.31 bits per heavy atom. The van der Waals surface area contributed by atoms with Crippen LogP contribution in [-0.4, -0.2) is 32.6 Å². The van der Waals surface area contributed by atoms with Crippen molar-refractivity contribution in [2.75, 3.05) is 36.9 Å². The van der Waals surface area contributed by atoms with Crippen LogP contribution in [0.3, 0.4) is 0 Å². The van der Waals surface area contributed by atoms with Crippen molar-refractivity contribution in [2.24, 2.45) is 0 Å². The molecule has 1 aliphatic heterocycles. The number of nitrogens with one attached hydrogen (secondary N) is 2. The highest BCUT2D eigenvalue weighted by molar-refractivity contribution is 6.01. The molecule has 0 saturated heterocycles. The molecule has 86 valence electrons. The minimum atomic E-state index is 0.0641. The Morgan fingerprint density at radius 1 is 1.50 bits per heavy atom. The van der Waals surface area contributed by atoms with E-state index in [1.165, 1.54) is 5.56 Å². The molecule has 4 nitrogen and oxygen atoms in total. The second kappa shape index (κ2) is 4.53. The van der Waals surface area contributed by atoms with Gasteiger partial charge in [-0.15, -0.1) is 0 Å². The summed E-state index contributed by atoms with van der Waals surface area (Å²) in [6.45, 7) is 4.24. The summed E-state index contributed by atoms with van der Waals surface area (Å²) in [7, 11) is 1.92. The Balaban J connectivity index is 2.32. The summed E-state index contributed by atoms with van der Waals surface area (Å²) in [5.41, 5.74) is 3.28. The molecule has 0 radical (unpaired) electrons. The zero-order chi connectivity index (χ0) is 11.5. The highest BCUT2D eigenvalue weighted by Crippen LogP contribution is 2.32. The topological polar surface area (TPSA) is 44.4 Å². The van der Waals surface area contributed by atoms with Crippen molar-refractivity contribution in [1.29, 1.82) is 0 Å². The van der Waals surface area contributed by atoms with E-state index in [9.17, 15) is 4.79 Å². The summed E-state index contributed by atoms with van der Waals surface area (Å²) in [5, 5.41) is 6.01. The van der Waals surface area contributed by atoms with Crippen LogP contribution < -0.4 is 15.5 Å². The lowest BCUT2D eigenvalue weighted by Gasteiger charge is -2.32. The third kappa shape index (κ3) is 2.02. The average molecular weight is 219 g/mol. The Morgan fingerprint density at radius 3 is 3.06 bits per heavy atom. The summed E-state index contributed by atoms with van der Waals surface area (Å²) in [5.74, 6) is 0.0641. The average Bonchev–Trinajstić information content (AvgIpc) is 2.25. The number of rotatable bonds is 3. The van der Waals surface area contributed by atoms with Crippen LogP contribution in [0.4, 0.5) is 11.4 Å². The predicted octanol–water partition coefficient (Wildman–Crippen LogP) is 0.973. The third-order valence-electron chi connectivity index (χ3n) is 2.79. The van der Waals surface area contributed by atoms with Gasteiger partial charge in [0.25, 0.3) is 0 Å². The predicted molar refractivity (Wildman–Crippen MR) is 65.9 cm³/mol. The molecular formula is C12H17N3O. The van der Waals surface area contributed by atoms with Crippen LogP contribution in [-0.2, 0) is 4.79 Å². The van der Waals surface area contributed by atoms with Gasteiger partial charge in [-0.25, -0.2) is 0 Å². The van der Waals surface area contributed by atoms with E-state index in [4.69, 9.17) is 0 Å². The maximum absolute atomic E-state index is 11.5. The minimum Gasteiger partial charge on any atom is -0.359 e. The lowest BCUT2D eigenvalue weighted by Crippen LogP contribution is -2.41. The first-order chi connectivity index (χ1) is 7.72. The number of hydrogen-bond acceptors (Lipinski definition) is 3. The van der Waals surface area contributed by atoms with Gasteiger partial charge in [-0.3, -0.25) is 4.79 Å². The van der Waals surface area contributed by atoms with Gasteiger partial charge in [-0.2, -0.15) is 0 Å². The maximum atomic E-state index is 11.5. The van der Waals surface area contributed by atoms with Gasteiger partial charge in [-0.05, 0) is 25.6 Å². The second-order valence-corrected chi connectivity index (χ2v) is 4.04. The fraction of sp³-hybridized carbons (Fsp3) is 0.417. The number of carbonyl (C=O) groups is 1. The molecule has 0 atom stereocenters. The smallest absolute Gasteiger partial charge is 0.243 e. The number of aryl methyl sites for hydroxylation is 1. The molecular weight excluding hydrogens is 202 g/mol. The van der Waals surface area contributed by atoms with E-state index in [-0.39, 0.29) is 5.91 Å². The Labute approximate surface area is 95.6 Å². The highest BCUT2D eigenvalue weighted by Gasteiger charge is 2.22. The van der Waals surface area contributed by atoms with Crippen molar-refractivity contribution < 1.29 is 4.79 Å². The summed E-state index contributed by atoms with van der Waals surface area (Å²) < 4.78 is 0. The number of anilines is 2. The first kappa shape index (κ1) is 11.0. The molecule has 2 rings (SSSR count). The van der Waals surface area contributed by atoms with Crippen LogP contribution in [0.1, 0.15) is 5.56 Å². The monoisotopic (exact) mass is 219 g/mol. The van der Waals surface area contributed by atoms with Gasteiger partial charge in [0.2, 0.25) is 5.91 Å². The van der Waals surface area contributed by atoms with Crippen molar-refractivity contribution in [3.8, 4) is 0 Å². The van der Waals surface area contributed by atoms with E-state index in [2.05, 4.69) is 28.5 Å². The van der Waals surface area contributed by atoms with Gasteiger partial charge in [0, 0.05) is 13.1 Å². The number of carbonyl (C=O) groups excluding carboxylic acids is 1. The molecule has 1 amide bonds. The van der Waals surface area contributed by atoms with Crippen LogP contribution in [0.5, 0.6) is 0 Å². The lowest BCUT2D eigenvalue weighted by atomic mass is 10.1. The zero-order valence-electron chi connectivity index (χ0n) is 9.71. The van der Waals surface area contributed by atoms with Crippen LogP contribution in [0.2, 0.25) is 0 Å². The normalized spacial score (nSPS) is 14.6. The molecule has 1 aromatic rings. The van der Waals surface area contributed by atoms with Gasteiger partial charge in [0.1, 0.15) is 0 Å².